The molecule has 1 amide bonds. The van der Waals surface area contributed by atoms with Crippen molar-refractivity contribution in [3.05, 3.63) is 161 Å². The van der Waals surface area contributed by atoms with Crippen molar-refractivity contribution in [2.75, 3.05) is 13.1 Å². The quantitative estimate of drug-likeness (QED) is 0.160. The first-order chi connectivity index (χ1) is 24.0. The Bertz CT molecular complexity index is 2120. The monoisotopic (exact) mass is 662 g/mol. The lowest BCUT2D eigenvalue weighted by Crippen LogP contribution is -2.38. The van der Waals surface area contributed by atoms with Gasteiger partial charge in [-0.1, -0.05) is 91.0 Å². The van der Waals surface area contributed by atoms with Gasteiger partial charge >= 0.3 is 0 Å². The predicted molar refractivity (Wildman–Crippen MR) is 196 cm³/mol. The smallest absolute Gasteiger partial charge is 0.220 e. The fourth-order valence-electron chi connectivity index (χ4n) is 7.37. The molecule has 3 aromatic carbocycles. The third-order valence-corrected chi connectivity index (χ3v) is 11.0. The first-order valence-corrected chi connectivity index (χ1v) is 17.6. The normalized spacial score (nSPS) is 14.4. The topological polar surface area (TPSA) is 81.4 Å². The van der Waals surface area contributed by atoms with Gasteiger partial charge in [0.25, 0.3) is 0 Å². The van der Waals surface area contributed by atoms with E-state index < -0.39 is 5.54 Å². The van der Waals surface area contributed by atoms with Gasteiger partial charge in [0, 0.05) is 40.9 Å². The molecule has 2 N–H and O–H groups in total. The number of likely N-dealkylation sites (tertiary alicyclic amines) is 1. The molecule has 49 heavy (non-hydrogen) atoms. The molecule has 5 heterocycles. The number of primary amides is 1. The van der Waals surface area contributed by atoms with Gasteiger partial charge in [0.05, 0.1) is 22.5 Å². The molecule has 7 aromatic rings. The number of rotatable bonds is 9. The molecule has 0 saturated carbocycles. The summed E-state index contributed by atoms with van der Waals surface area (Å²) < 4.78 is 4.34. The molecule has 0 radical (unpaired) electrons. The van der Waals surface area contributed by atoms with Gasteiger partial charge in [-0.3, -0.25) is 18.8 Å². The van der Waals surface area contributed by atoms with Crippen molar-refractivity contribution in [3.63, 3.8) is 0 Å². The van der Waals surface area contributed by atoms with E-state index in [4.69, 9.17) is 15.8 Å². The number of nitrogens with zero attached hydrogens (tertiary/aromatic N) is 5. The fourth-order valence-corrected chi connectivity index (χ4v) is 8.43. The number of pyridine rings is 1. The van der Waals surface area contributed by atoms with E-state index in [0.717, 1.165) is 77.3 Å². The summed E-state index contributed by atoms with van der Waals surface area (Å²) in [6, 6.07) is 40.6. The highest BCUT2D eigenvalue weighted by Crippen LogP contribution is 2.42. The second kappa shape index (κ2) is 13.0. The van der Waals surface area contributed by atoms with Crippen molar-refractivity contribution in [1.82, 2.24) is 24.1 Å². The van der Waals surface area contributed by atoms with Gasteiger partial charge < -0.3 is 5.73 Å². The highest BCUT2D eigenvalue weighted by Gasteiger charge is 2.39. The van der Waals surface area contributed by atoms with Crippen LogP contribution >= 0.6 is 11.3 Å². The van der Waals surface area contributed by atoms with Gasteiger partial charge in [0.2, 0.25) is 5.91 Å². The maximum Gasteiger partial charge on any atom is 0.220 e. The van der Waals surface area contributed by atoms with E-state index in [1.54, 1.807) is 11.3 Å². The number of imidazole rings is 1. The Morgan fingerprint density at radius 3 is 2.02 bits per heavy atom. The molecule has 8 rings (SSSR count). The number of hydrogen-bond donors (Lipinski definition) is 1. The molecule has 7 nitrogen and oxygen atoms in total. The Labute approximate surface area is 290 Å². The zero-order chi connectivity index (χ0) is 33.4. The molecule has 0 spiro atoms. The Hall–Kier alpha value is -5.31. The number of thiophene rings is 1. The zero-order valence-corrected chi connectivity index (χ0v) is 28.3. The number of piperidine rings is 1. The van der Waals surface area contributed by atoms with E-state index in [2.05, 4.69) is 149 Å². The summed E-state index contributed by atoms with van der Waals surface area (Å²) >= 11 is 1.80. The van der Waals surface area contributed by atoms with Crippen LogP contribution in [-0.2, 0) is 16.9 Å². The standard InChI is InChI=1S/C41H38N6OS/c1-29-36(28-47(44-29)41(32-11-5-2-6-12-32,33-13-7-3-8-14-33)34-15-9-4-10-16-34)31-17-20-39-43-25-37(46(39)26-31)38-19-18-35(49-38)27-45-23-21-30(22-24-45)40(42)48/h2-20,25-26,28,30H,21-24,27H2,1H3,(H2,42,48). The van der Waals surface area contributed by atoms with Crippen LogP contribution in [-0.4, -0.2) is 43.1 Å². The van der Waals surface area contributed by atoms with E-state index in [1.807, 2.05) is 6.20 Å². The number of carbonyl (C=O) groups is 1. The lowest BCUT2D eigenvalue weighted by atomic mass is 9.77. The number of nitrogens with two attached hydrogens (primary N) is 1. The summed E-state index contributed by atoms with van der Waals surface area (Å²) in [5.74, 6) is -0.167. The maximum absolute atomic E-state index is 11.6. The van der Waals surface area contributed by atoms with Crippen LogP contribution in [0.2, 0.25) is 0 Å². The summed E-state index contributed by atoms with van der Waals surface area (Å²) in [7, 11) is 0. The van der Waals surface area contributed by atoms with Crippen molar-refractivity contribution in [2.45, 2.75) is 31.8 Å². The molecule has 1 aliphatic rings. The van der Waals surface area contributed by atoms with Crippen molar-refractivity contribution >= 4 is 22.9 Å². The van der Waals surface area contributed by atoms with E-state index in [9.17, 15) is 4.79 Å². The first kappa shape index (κ1) is 31.0. The van der Waals surface area contributed by atoms with Gasteiger partial charge in [-0.15, -0.1) is 11.3 Å². The van der Waals surface area contributed by atoms with Crippen LogP contribution in [0.15, 0.2) is 134 Å². The number of aryl methyl sites for hydroxylation is 1. The largest absolute Gasteiger partial charge is 0.369 e. The Balaban J connectivity index is 1.17. The molecule has 0 unspecified atom stereocenters. The Morgan fingerprint density at radius 1 is 0.816 bits per heavy atom. The summed E-state index contributed by atoms with van der Waals surface area (Å²) in [4.78, 5) is 21.3. The van der Waals surface area contributed by atoms with Crippen LogP contribution in [0.25, 0.3) is 27.3 Å². The number of benzene rings is 3. The SMILES string of the molecule is Cc1nn(C(c2ccccc2)(c2ccccc2)c2ccccc2)cc1-c1ccc2ncc(-c3ccc(CN4CCC(C(N)=O)CC4)s3)n2c1. The van der Waals surface area contributed by atoms with Crippen LogP contribution in [0.4, 0.5) is 0 Å². The summed E-state index contributed by atoms with van der Waals surface area (Å²) in [6.45, 7) is 4.76. The molecule has 8 heteroatoms. The summed E-state index contributed by atoms with van der Waals surface area (Å²) in [6.07, 6.45) is 8.03. The van der Waals surface area contributed by atoms with Crippen LogP contribution in [0.5, 0.6) is 0 Å². The van der Waals surface area contributed by atoms with Crippen molar-refractivity contribution in [2.24, 2.45) is 11.7 Å². The molecule has 4 aromatic heterocycles. The van der Waals surface area contributed by atoms with Gasteiger partial charge in [-0.2, -0.15) is 5.10 Å². The third kappa shape index (κ3) is 5.67. The minimum absolute atomic E-state index is 0.00433. The van der Waals surface area contributed by atoms with Crippen molar-refractivity contribution in [3.8, 4) is 21.7 Å². The maximum atomic E-state index is 11.6. The molecule has 0 bridgehead atoms. The van der Waals surface area contributed by atoms with Crippen LogP contribution in [0.3, 0.4) is 0 Å². The van der Waals surface area contributed by atoms with Crippen molar-refractivity contribution < 1.29 is 4.79 Å². The Morgan fingerprint density at radius 2 is 1.43 bits per heavy atom. The highest BCUT2D eigenvalue weighted by molar-refractivity contribution is 7.15. The first-order valence-electron chi connectivity index (χ1n) is 16.8. The number of aromatic nitrogens is 4. The van der Waals surface area contributed by atoms with Gasteiger partial charge in [-0.05, 0) is 73.8 Å². The van der Waals surface area contributed by atoms with E-state index in [0.29, 0.717) is 0 Å². The minimum atomic E-state index is -0.681. The highest BCUT2D eigenvalue weighted by atomic mass is 32.1. The summed E-state index contributed by atoms with van der Waals surface area (Å²) in [5.41, 5.74) is 13.3. The van der Waals surface area contributed by atoms with Crippen molar-refractivity contribution in [1.29, 1.82) is 0 Å². The molecule has 1 aliphatic heterocycles. The average molecular weight is 663 g/mol. The molecule has 1 fully saturated rings. The third-order valence-electron chi connectivity index (χ3n) is 9.92. The number of fused-ring (bicyclic) bond motifs is 1. The zero-order valence-electron chi connectivity index (χ0n) is 27.4. The molecular weight excluding hydrogens is 625 g/mol. The molecule has 1 saturated heterocycles. The second-order valence-electron chi connectivity index (χ2n) is 12.9. The van der Waals surface area contributed by atoms with Gasteiger partial charge in [0.1, 0.15) is 11.2 Å². The number of carbonyl (C=O) groups excluding carboxylic acids is 1. The van der Waals surface area contributed by atoms with E-state index in [-0.39, 0.29) is 11.8 Å². The summed E-state index contributed by atoms with van der Waals surface area (Å²) in [5, 5.41) is 5.27. The van der Waals surface area contributed by atoms with Crippen LogP contribution in [0.1, 0.15) is 40.1 Å². The minimum Gasteiger partial charge on any atom is -0.369 e. The molecular formula is C41H38N6OS. The van der Waals surface area contributed by atoms with Crippen LogP contribution < -0.4 is 5.73 Å². The van der Waals surface area contributed by atoms with E-state index in [1.165, 1.54) is 9.75 Å². The van der Waals surface area contributed by atoms with Gasteiger partial charge in [-0.25, -0.2) is 4.98 Å². The Kier molecular flexibility index (Phi) is 8.19. The second-order valence-corrected chi connectivity index (χ2v) is 14.1. The fraction of sp³-hybridized carbons (Fsp3) is 0.195. The van der Waals surface area contributed by atoms with E-state index >= 15 is 0 Å². The lowest BCUT2D eigenvalue weighted by Gasteiger charge is -2.36. The van der Waals surface area contributed by atoms with Gasteiger partial charge in [0.15, 0.2) is 0 Å². The lowest BCUT2D eigenvalue weighted by molar-refractivity contribution is -0.123. The molecule has 244 valence electrons. The number of amides is 1. The van der Waals surface area contributed by atoms with Crippen LogP contribution in [0, 0.1) is 12.8 Å². The average Bonchev–Trinajstić information content (AvgIpc) is 3.89. The molecule has 0 atom stereocenters. The number of hydrogen-bond acceptors (Lipinski definition) is 5. The molecule has 0 aliphatic carbocycles. The predicted octanol–water partition coefficient (Wildman–Crippen LogP) is 7.77.